The number of rotatable bonds is 4. The second-order valence-corrected chi connectivity index (χ2v) is 4.77. The van der Waals surface area contributed by atoms with Crippen LogP contribution >= 0.6 is 0 Å². The highest BCUT2D eigenvalue weighted by Crippen LogP contribution is 2.20. The summed E-state index contributed by atoms with van der Waals surface area (Å²) in [7, 11) is 0. The lowest BCUT2D eigenvalue weighted by atomic mass is 10.0. The lowest BCUT2D eigenvalue weighted by Gasteiger charge is -2.12. The summed E-state index contributed by atoms with van der Waals surface area (Å²) in [6.45, 7) is 5.88. The van der Waals surface area contributed by atoms with E-state index in [1.165, 1.54) is 0 Å². The largest absolute Gasteiger partial charge is 0.478 e. The van der Waals surface area contributed by atoms with E-state index in [2.05, 4.69) is 4.98 Å². The highest BCUT2D eigenvalue weighted by atomic mass is 16.5. The molecule has 20 heavy (non-hydrogen) atoms. The predicted molar refractivity (Wildman–Crippen MR) is 76.2 cm³/mol. The van der Waals surface area contributed by atoms with Crippen LogP contribution in [-0.2, 0) is 6.61 Å². The zero-order chi connectivity index (χ0) is 14.7. The molecule has 1 N–H and O–H groups in total. The molecule has 1 aromatic heterocycles. The van der Waals surface area contributed by atoms with E-state index in [0.717, 1.165) is 16.8 Å². The van der Waals surface area contributed by atoms with E-state index in [0.29, 0.717) is 11.4 Å². The lowest BCUT2D eigenvalue weighted by Crippen LogP contribution is -2.08. The van der Waals surface area contributed by atoms with E-state index in [1.807, 2.05) is 39.0 Å². The van der Waals surface area contributed by atoms with Crippen LogP contribution in [0, 0.1) is 20.8 Å². The molecule has 0 fully saturated rings. The van der Waals surface area contributed by atoms with Gasteiger partial charge in [0.2, 0.25) is 5.88 Å². The molecule has 4 nitrogen and oxygen atoms in total. The molecule has 0 aliphatic carbocycles. The van der Waals surface area contributed by atoms with E-state index in [4.69, 9.17) is 4.74 Å². The highest BCUT2D eigenvalue weighted by molar-refractivity contribution is 5.89. The Kier molecular flexibility index (Phi) is 4.03. The van der Waals surface area contributed by atoms with Crippen LogP contribution in [0.15, 0.2) is 30.3 Å². The van der Waals surface area contributed by atoms with Crippen LogP contribution in [-0.4, -0.2) is 16.1 Å². The van der Waals surface area contributed by atoms with Gasteiger partial charge >= 0.3 is 5.97 Å². The van der Waals surface area contributed by atoms with Crippen LogP contribution in [0.3, 0.4) is 0 Å². The Morgan fingerprint density at radius 3 is 2.60 bits per heavy atom. The van der Waals surface area contributed by atoms with Gasteiger partial charge in [-0.05, 0) is 38.5 Å². The van der Waals surface area contributed by atoms with E-state index < -0.39 is 5.97 Å². The average Bonchev–Trinajstić information content (AvgIpc) is 2.40. The minimum atomic E-state index is -0.943. The van der Waals surface area contributed by atoms with Gasteiger partial charge in [0.25, 0.3) is 0 Å². The number of aromatic carboxylic acids is 1. The third-order valence-corrected chi connectivity index (χ3v) is 3.18. The first kappa shape index (κ1) is 14.1. The van der Waals surface area contributed by atoms with Crippen LogP contribution in [0.5, 0.6) is 5.88 Å². The van der Waals surface area contributed by atoms with Crippen molar-refractivity contribution in [3.63, 3.8) is 0 Å². The number of carboxylic acids is 1. The molecule has 0 radical (unpaired) electrons. The second kappa shape index (κ2) is 5.74. The van der Waals surface area contributed by atoms with Gasteiger partial charge in [-0.15, -0.1) is 0 Å². The van der Waals surface area contributed by atoms with E-state index in [9.17, 15) is 9.90 Å². The highest BCUT2D eigenvalue weighted by Gasteiger charge is 2.13. The SMILES string of the molecule is Cc1ccc(C)c(OCc2c(C)cccc2C(=O)O)n1. The normalized spacial score (nSPS) is 10.3. The van der Waals surface area contributed by atoms with Gasteiger partial charge in [-0.25, -0.2) is 9.78 Å². The monoisotopic (exact) mass is 271 g/mol. The molecule has 2 aromatic rings. The molecular weight excluding hydrogens is 254 g/mol. The molecule has 2 rings (SSSR count). The van der Waals surface area contributed by atoms with Crippen molar-refractivity contribution in [1.29, 1.82) is 0 Å². The quantitative estimate of drug-likeness (QED) is 0.927. The Hall–Kier alpha value is -2.36. The second-order valence-electron chi connectivity index (χ2n) is 4.77. The molecule has 0 atom stereocenters. The maximum Gasteiger partial charge on any atom is 0.336 e. The third-order valence-electron chi connectivity index (χ3n) is 3.18. The van der Waals surface area contributed by atoms with E-state index in [-0.39, 0.29) is 12.2 Å². The van der Waals surface area contributed by atoms with Gasteiger partial charge in [0.15, 0.2) is 0 Å². The van der Waals surface area contributed by atoms with Gasteiger partial charge in [-0.3, -0.25) is 0 Å². The summed E-state index contributed by atoms with van der Waals surface area (Å²) >= 11 is 0. The lowest BCUT2D eigenvalue weighted by molar-refractivity contribution is 0.0693. The maximum atomic E-state index is 11.2. The number of nitrogens with zero attached hydrogens (tertiary/aromatic N) is 1. The molecule has 0 unspecified atom stereocenters. The zero-order valence-corrected chi connectivity index (χ0v) is 11.8. The van der Waals surface area contributed by atoms with Gasteiger partial charge in [0.05, 0.1) is 5.56 Å². The molecule has 0 amide bonds. The fraction of sp³-hybridized carbons (Fsp3) is 0.250. The first-order valence-electron chi connectivity index (χ1n) is 6.38. The molecule has 4 heteroatoms. The van der Waals surface area contributed by atoms with Crippen LogP contribution in [0.1, 0.15) is 32.7 Å². The molecule has 0 aliphatic rings. The van der Waals surface area contributed by atoms with Crippen molar-refractivity contribution >= 4 is 5.97 Å². The third kappa shape index (κ3) is 2.96. The number of benzene rings is 1. The summed E-state index contributed by atoms with van der Waals surface area (Å²) in [5, 5.41) is 9.21. The number of carboxylic acid groups (broad SMARTS) is 1. The fourth-order valence-electron chi connectivity index (χ4n) is 1.98. The van der Waals surface area contributed by atoms with Crippen molar-refractivity contribution in [3.05, 3.63) is 58.3 Å². The summed E-state index contributed by atoms with van der Waals surface area (Å²) in [5.41, 5.74) is 3.66. The van der Waals surface area contributed by atoms with Gasteiger partial charge in [0.1, 0.15) is 6.61 Å². The summed E-state index contributed by atoms with van der Waals surface area (Å²) in [6, 6.07) is 9.05. The number of hydrogen-bond donors (Lipinski definition) is 1. The molecule has 0 spiro atoms. The Bertz CT molecular complexity index is 650. The predicted octanol–water partition coefficient (Wildman–Crippen LogP) is 3.28. The summed E-state index contributed by atoms with van der Waals surface area (Å²) < 4.78 is 5.70. The zero-order valence-electron chi connectivity index (χ0n) is 11.8. The van der Waals surface area contributed by atoms with Crippen molar-refractivity contribution in [2.24, 2.45) is 0 Å². The van der Waals surface area contributed by atoms with Crippen molar-refractivity contribution < 1.29 is 14.6 Å². The first-order chi connectivity index (χ1) is 9.49. The number of aryl methyl sites for hydroxylation is 3. The van der Waals surface area contributed by atoms with E-state index >= 15 is 0 Å². The standard InChI is InChI=1S/C16H17NO3/c1-10-5-4-6-13(16(18)19)14(10)9-20-15-11(2)7-8-12(3)17-15/h4-8H,9H2,1-3H3,(H,18,19). The summed E-state index contributed by atoms with van der Waals surface area (Å²) in [5.74, 6) is -0.397. The van der Waals surface area contributed by atoms with Crippen molar-refractivity contribution in [3.8, 4) is 5.88 Å². The number of ether oxygens (including phenoxy) is 1. The van der Waals surface area contributed by atoms with E-state index in [1.54, 1.807) is 12.1 Å². The van der Waals surface area contributed by atoms with Gasteiger partial charge in [0, 0.05) is 16.8 Å². The number of hydrogen-bond acceptors (Lipinski definition) is 3. The minimum absolute atomic E-state index is 0.200. The molecule has 0 aliphatic heterocycles. The maximum absolute atomic E-state index is 11.2. The number of aromatic nitrogens is 1. The fourth-order valence-corrected chi connectivity index (χ4v) is 1.98. The summed E-state index contributed by atoms with van der Waals surface area (Å²) in [4.78, 5) is 15.6. The molecule has 1 heterocycles. The van der Waals surface area contributed by atoms with Crippen molar-refractivity contribution in [1.82, 2.24) is 4.98 Å². The number of carbonyl (C=O) groups is 1. The molecule has 104 valence electrons. The van der Waals surface area contributed by atoms with Crippen LogP contribution in [0.25, 0.3) is 0 Å². The van der Waals surface area contributed by atoms with Crippen LogP contribution in [0.2, 0.25) is 0 Å². The first-order valence-corrected chi connectivity index (χ1v) is 6.38. The van der Waals surface area contributed by atoms with Crippen molar-refractivity contribution in [2.75, 3.05) is 0 Å². The van der Waals surface area contributed by atoms with Crippen LogP contribution in [0.4, 0.5) is 0 Å². The van der Waals surface area contributed by atoms with Crippen LogP contribution < -0.4 is 4.74 Å². The van der Waals surface area contributed by atoms with Gasteiger partial charge in [-0.2, -0.15) is 0 Å². The number of pyridine rings is 1. The Morgan fingerprint density at radius 2 is 1.90 bits per heavy atom. The molecule has 0 saturated heterocycles. The summed E-state index contributed by atoms with van der Waals surface area (Å²) in [6.07, 6.45) is 0. The topological polar surface area (TPSA) is 59.4 Å². The molecular formula is C16H17NO3. The minimum Gasteiger partial charge on any atom is -0.478 e. The Morgan fingerprint density at radius 1 is 1.15 bits per heavy atom. The smallest absolute Gasteiger partial charge is 0.336 e. The van der Waals surface area contributed by atoms with Gasteiger partial charge < -0.3 is 9.84 Å². The molecule has 0 bridgehead atoms. The Labute approximate surface area is 118 Å². The van der Waals surface area contributed by atoms with Crippen molar-refractivity contribution in [2.45, 2.75) is 27.4 Å². The average molecular weight is 271 g/mol. The Balaban J connectivity index is 2.27. The molecule has 0 saturated carbocycles. The molecule has 1 aromatic carbocycles. The van der Waals surface area contributed by atoms with Gasteiger partial charge in [-0.1, -0.05) is 18.2 Å².